The first-order valence-electron chi connectivity index (χ1n) is 10.2. The van der Waals surface area contributed by atoms with Crippen LogP contribution in [0.15, 0.2) is 0 Å². The predicted octanol–water partition coefficient (Wildman–Crippen LogP) is 1.84. The first kappa shape index (κ1) is 23.6. The number of nitrogens with one attached hydrogen (secondary N) is 2. The molecular weight excluding hydrogens is 348 g/mol. The van der Waals surface area contributed by atoms with Gasteiger partial charge in [0.25, 0.3) is 0 Å². The zero-order valence-corrected chi connectivity index (χ0v) is 17.1. The molecule has 0 aromatic rings. The highest BCUT2D eigenvalue weighted by atomic mass is 16.5. The van der Waals surface area contributed by atoms with Crippen molar-refractivity contribution in [2.75, 3.05) is 33.0 Å². The average molecular weight is 385 g/mol. The van der Waals surface area contributed by atoms with E-state index in [0.717, 1.165) is 25.7 Å². The number of hydrogen-bond acceptors (Lipinski definition) is 5. The molecule has 0 saturated heterocycles. The molecule has 1 aliphatic rings. The first-order chi connectivity index (χ1) is 12.9. The molecule has 1 rings (SSSR count). The fraction of sp³-hybridized carbons (Fsp3) is 0.850. The lowest BCUT2D eigenvalue weighted by Gasteiger charge is -2.28. The molecule has 1 fully saturated rings. The Morgan fingerprint density at radius 1 is 0.963 bits per heavy atom. The van der Waals surface area contributed by atoms with E-state index in [1.54, 1.807) is 0 Å². The van der Waals surface area contributed by atoms with E-state index in [-0.39, 0.29) is 35.5 Å². The normalized spacial score (nSPS) is 19.7. The minimum atomic E-state index is 0.00379. The fourth-order valence-corrected chi connectivity index (χ4v) is 3.06. The number of carbonyl (C=O) groups is 3. The molecule has 0 spiro atoms. The van der Waals surface area contributed by atoms with Gasteiger partial charge in [-0.15, -0.1) is 0 Å². The van der Waals surface area contributed by atoms with Crippen LogP contribution in [0, 0.1) is 11.8 Å². The predicted molar refractivity (Wildman–Crippen MR) is 103 cm³/mol. The van der Waals surface area contributed by atoms with Crippen molar-refractivity contribution in [3.63, 3.8) is 0 Å². The highest BCUT2D eigenvalue weighted by molar-refractivity contribution is 5.80. The van der Waals surface area contributed by atoms with Gasteiger partial charge in [0.05, 0.1) is 19.8 Å². The number of amides is 2. The highest BCUT2D eigenvalue weighted by Gasteiger charge is 2.26. The lowest BCUT2D eigenvalue weighted by molar-refractivity contribution is -0.127. The van der Waals surface area contributed by atoms with Crippen LogP contribution in [0.4, 0.5) is 0 Å². The third kappa shape index (κ3) is 10.4. The van der Waals surface area contributed by atoms with Crippen molar-refractivity contribution in [3.05, 3.63) is 0 Å². The summed E-state index contributed by atoms with van der Waals surface area (Å²) in [7, 11) is 0. The van der Waals surface area contributed by atoms with Crippen molar-refractivity contribution in [2.24, 2.45) is 11.8 Å². The fourth-order valence-electron chi connectivity index (χ4n) is 3.06. The Morgan fingerprint density at radius 2 is 1.63 bits per heavy atom. The molecule has 0 radical (unpaired) electrons. The zero-order valence-electron chi connectivity index (χ0n) is 17.1. The quantitative estimate of drug-likeness (QED) is 0.473. The molecule has 0 atom stereocenters. The Hall–Kier alpha value is -1.47. The Bertz CT molecular complexity index is 459. The maximum atomic E-state index is 12.2. The van der Waals surface area contributed by atoms with E-state index < -0.39 is 0 Å². The van der Waals surface area contributed by atoms with Crippen molar-refractivity contribution in [1.82, 2.24) is 10.6 Å². The van der Waals surface area contributed by atoms with Crippen LogP contribution in [-0.4, -0.2) is 56.6 Å². The van der Waals surface area contributed by atoms with Gasteiger partial charge in [0.1, 0.15) is 5.78 Å². The lowest BCUT2D eigenvalue weighted by Crippen LogP contribution is -2.41. The topological polar surface area (TPSA) is 93.7 Å². The Balaban J connectivity index is 2.08. The number of ketones is 1. The molecule has 1 aliphatic carbocycles. The summed E-state index contributed by atoms with van der Waals surface area (Å²) in [5, 5.41) is 5.92. The van der Waals surface area contributed by atoms with Crippen molar-refractivity contribution in [3.8, 4) is 0 Å². The molecular formula is C20H36N2O5. The number of hydrogen-bond donors (Lipinski definition) is 2. The summed E-state index contributed by atoms with van der Waals surface area (Å²) in [6.07, 6.45) is 4.03. The maximum Gasteiger partial charge on any atom is 0.223 e. The Kier molecular flexibility index (Phi) is 11.9. The second-order valence-electron chi connectivity index (χ2n) is 7.34. The SMILES string of the molecule is CCOCCC(=O)NC1CCC(C(=O)NCCOCCC(=O)C(C)C)CC1. The average Bonchev–Trinajstić information content (AvgIpc) is 2.64. The summed E-state index contributed by atoms with van der Waals surface area (Å²) in [6, 6.07) is 0.157. The van der Waals surface area contributed by atoms with Gasteiger partial charge in [-0.2, -0.15) is 0 Å². The van der Waals surface area contributed by atoms with Crippen LogP contribution in [0.25, 0.3) is 0 Å². The third-order valence-corrected chi connectivity index (χ3v) is 4.82. The molecule has 2 N–H and O–H groups in total. The summed E-state index contributed by atoms with van der Waals surface area (Å²) in [6.45, 7) is 8.02. The molecule has 1 saturated carbocycles. The van der Waals surface area contributed by atoms with Gasteiger partial charge < -0.3 is 20.1 Å². The van der Waals surface area contributed by atoms with Gasteiger partial charge in [-0.3, -0.25) is 14.4 Å². The highest BCUT2D eigenvalue weighted by Crippen LogP contribution is 2.24. The van der Waals surface area contributed by atoms with Crippen LogP contribution in [0.2, 0.25) is 0 Å². The first-order valence-corrected chi connectivity index (χ1v) is 10.2. The molecule has 27 heavy (non-hydrogen) atoms. The molecule has 0 bridgehead atoms. The molecule has 2 amide bonds. The molecule has 0 aliphatic heterocycles. The number of rotatable bonds is 13. The van der Waals surface area contributed by atoms with Crippen LogP contribution in [0.1, 0.15) is 59.3 Å². The van der Waals surface area contributed by atoms with Gasteiger partial charge in [0, 0.05) is 43.9 Å². The van der Waals surface area contributed by atoms with E-state index in [1.165, 1.54) is 0 Å². The van der Waals surface area contributed by atoms with Crippen molar-refractivity contribution in [1.29, 1.82) is 0 Å². The molecule has 0 aromatic heterocycles. The van der Waals surface area contributed by atoms with Gasteiger partial charge in [-0.05, 0) is 32.6 Å². The monoisotopic (exact) mass is 384 g/mol. The molecule has 0 unspecified atom stereocenters. The van der Waals surface area contributed by atoms with E-state index >= 15 is 0 Å². The van der Waals surface area contributed by atoms with Crippen molar-refractivity contribution in [2.45, 2.75) is 65.3 Å². The number of ether oxygens (including phenoxy) is 2. The summed E-state index contributed by atoms with van der Waals surface area (Å²) in [5.41, 5.74) is 0. The van der Waals surface area contributed by atoms with Crippen LogP contribution in [-0.2, 0) is 23.9 Å². The smallest absolute Gasteiger partial charge is 0.223 e. The largest absolute Gasteiger partial charge is 0.381 e. The van der Waals surface area contributed by atoms with E-state index in [4.69, 9.17) is 9.47 Å². The molecule has 0 aromatic carbocycles. The number of carbonyl (C=O) groups excluding carboxylic acids is 3. The van der Waals surface area contributed by atoms with Crippen molar-refractivity contribution < 1.29 is 23.9 Å². The third-order valence-electron chi connectivity index (χ3n) is 4.82. The van der Waals surface area contributed by atoms with E-state index in [9.17, 15) is 14.4 Å². The van der Waals surface area contributed by atoms with Crippen LogP contribution >= 0.6 is 0 Å². The van der Waals surface area contributed by atoms with E-state index in [0.29, 0.717) is 45.8 Å². The van der Waals surface area contributed by atoms with Crippen LogP contribution < -0.4 is 10.6 Å². The summed E-state index contributed by atoms with van der Waals surface area (Å²) in [5.74, 6) is 0.310. The minimum absolute atomic E-state index is 0.00379. The maximum absolute atomic E-state index is 12.2. The minimum Gasteiger partial charge on any atom is -0.381 e. The van der Waals surface area contributed by atoms with E-state index in [1.807, 2.05) is 20.8 Å². The van der Waals surface area contributed by atoms with Gasteiger partial charge in [-0.25, -0.2) is 0 Å². The summed E-state index contributed by atoms with van der Waals surface area (Å²) < 4.78 is 10.6. The Morgan fingerprint density at radius 3 is 2.26 bits per heavy atom. The summed E-state index contributed by atoms with van der Waals surface area (Å²) >= 11 is 0. The van der Waals surface area contributed by atoms with Crippen LogP contribution in [0.5, 0.6) is 0 Å². The van der Waals surface area contributed by atoms with E-state index in [2.05, 4.69) is 10.6 Å². The second-order valence-corrected chi connectivity index (χ2v) is 7.34. The van der Waals surface area contributed by atoms with Gasteiger partial charge in [0.15, 0.2) is 0 Å². The van der Waals surface area contributed by atoms with Gasteiger partial charge in [0.2, 0.25) is 11.8 Å². The molecule has 7 nitrogen and oxygen atoms in total. The van der Waals surface area contributed by atoms with Crippen LogP contribution in [0.3, 0.4) is 0 Å². The standard InChI is InChI=1S/C20H36N2O5/c1-4-26-13-10-19(24)22-17-7-5-16(6-8-17)20(25)21-11-14-27-12-9-18(23)15(2)3/h15-17H,4-14H2,1-3H3,(H,21,25)(H,22,24). The number of Topliss-reactive ketones (excluding diaryl/α,β-unsaturated/α-hetero) is 1. The zero-order chi connectivity index (χ0) is 20.1. The molecule has 0 heterocycles. The molecule has 156 valence electrons. The second kappa shape index (κ2) is 13.7. The lowest BCUT2D eigenvalue weighted by atomic mass is 9.85. The van der Waals surface area contributed by atoms with Gasteiger partial charge in [-0.1, -0.05) is 13.8 Å². The van der Waals surface area contributed by atoms with Crippen molar-refractivity contribution >= 4 is 17.6 Å². The summed E-state index contributed by atoms with van der Waals surface area (Å²) in [4.78, 5) is 35.5. The van der Waals surface area contributed by atoms with Gasteiger partial charge >= 0.3 is 0 Å². The molecule has 7 heteroatoms. The Labute approximate surface area is 162 Å².